The average molecular weight is 399 g/mol. The van der Waals surface area contributed by atoms with E-state index < -0.39 is 0 Å². The molecule has 0 fully saturated rings. The van der Waals surface area contributed by atoms with E-state index in [1.165, 1.54) is 0 Å². The van der Waals surface area contributed by atoms with Crippen LogP contribution in [0.15, 0.2) is 36.7 Å². The number of benzene rings is 1. The number of nitrogens with zero attached hydrogens (tertiary/aromatic N) is 4. The van der Waals surface area contributed by atoms with E-state index in [0.29, 0.717) is 39.4 Å². The number of pyridine rings is 1. The van der Waals surface area contributed by atoms with Gasteiger partial charge >= 0.3 is 0 Å². The van der Waals surface area contributed by atoms with Gasteiger partial charge in [0.25, 0.3) is 0 Å². The highest BCUT2D eigenvalue weighted by Crippen LogP contribution is 2.26. The van der Waals surface area contributed by atoms with Crippen LogP contribution in [0.3, 0.4) is 0 Å². The Labute approximate surface area is 165 Å². The predicted molar refractivity (Wildman–Crippen MR) is 106 cm³/mol. The number of rotatable bonds is 3. The Morgan fingerprint density at radius 1 is 1.07 bits per heavy atom. The molecule has 27 heavy (non-hydrogen) atoms. The normalized spacial score (nSPS) is 11.3. The zero-order valence-corrected chi connectivity index (χ0v) is 16.2. The van der Waals surface area contributed by atoms with E-state index in [-0.39, 0.29) is 5.49 Å². The van der Waals surface area contributed by atoms with E-state index in [2.05, 4.69) is 15.0 Å². The van der Waals surface area contributed by atoms with E-state index in [1.807, 2.05) is 42.7 Å². The molecular weight excluding hydrogens is 383 g/mol. The predicted octanol–water partition coefficient (Wildman–Crippen LogP) is 4.27. The summed E-state index contributed by atoms with van der Waals surface area (Å²) in [4.78, 5) is 16.4. The quantitative estimate of drug-likeness (QED) is 0.540. The van der Waals surface area contributed by atoms with Crippen molar-refractivity contribution in [2.24, 2.45) is 0 Å². The van der Waals surface area contributed by atoms with Crippen molar-refractivity contribution in [3.8, 4) is 11.4 Å². The third-order valence-corrected chi connectivity index (χ3v) is 5.16. The van der Waals surface area contributed by atoms with Crippen LogP contribution in [0, 0.1) is 19.3 Å². The number of halogens is 2. The van der Waals surface area contributed by atoms with Gasteiger partial charge in [-0.15, -0.1) is 0 Å². The average Bonchev–Trinajstić information content (AvgIpc) is 3.06. The molecule has 136 valence electrons. The Kier molecular flexibility index (Phi) is 4.45. The van der Waals surface area contributed by atoms with E-state index >= 15 is 0 Å². The molecule has 8 heteroatoms. The highest BCUT2D eigenvalue weighted by atomic mass is 35.5. The lowest BCUT2D eigenvalue weighted by atomic mass is 10.1. The lowest BCUT2D eigenvalue weighted by Crippen LogP contribution is -2.18. The number of fused-ring (bicyclic) bond motifs is 1. The maximum absolute atomic E-state index is 8.24. The van der Waals surface area contributed by atoms with Crippen LogP contribution in [0.5, 0.6) is 0 Å². The Balaban J connectivity index is 1.94. The summed E-state index contributed by atoms with van der Waals surface area (Å²) in [7, 11) is 0. The lowest BCUT2D eigenvalue weighted by Gasteiger charge is -2.13. The minimum absolute atomic E-state index is 0.151. The van der Waals surface area contributed by atoms with Gasteiger partial charge in [-0.1, -0.05) is 47.5 Å². The molecule has 0 saturated heterocycles. The Morgan fingerprint density at radius 3 is 2.48 bits per heavy atom. The molecule has 0 aliphatic heterocycles. The number of aryl methyl sites for hydroxylation is 2. The lowest BCUT2D eigenvalue weighted by molar-refractivity contribution is 0.742. The van der Waals surface area contributed by atoms with Gasteiger partial charge in [-0.2, -0.15) is 0 Å². The van der Waals surface area contributed by atoms with Crippen molar-refractivity contribution in [3.63, 3.8) is 0 Å². The maximum atomic E-state index is 8.24. The molecule has 4 aromatic rings. The summed E-state index contributed by atoms with van der Waals surface area (Å²) in [6.45, 7) is 4.24. The molecule has 0 atom stereocenters. The van der Waals surface area contributed by atoms with Crippen LogP contribution in [0.2, 0.25) is 10.0 Å². The molecule has 0 aliphatic rings. The second-order valence-electron chi connectivity index (χ2n) is 6.27. The van der Waals surface area contributed by atoms with Crippen LogP contribution < -0.4 is 5.49 Å². The number of hydrogen-bond donors (Lipinski definition) is 2. The summed E-state index contributed by atoms with van der Waals surface area (Å²) in [6, 6.07) is 7.97. The molecule has 1 aromatic carbocycles. The standard InChI is InChI=1S/C19H16Cl2N6/c1-10-5-3-4-6-12(10)18-25-16-17(22)24-11(2)27(19(16)26-18)9-13-14(20)7-23-8-15(13)21/h3-8,22H,9H2,1-2H3,(H,25,26). The summed E-state index contributed by atoms with van der Waals surface area (Å²) < 4.78 is 1.90. The fourth-order valence-corrected chi connectivity index (χ4v) is 3.54. The first-order chi connectivity index (χ1) is 13.0. The largest absolute Gasteiger partial charge is 0.334 e. The SMILES string of the molecule is Cc1ccccc1-c1nc2c([nH]1)c(=N)nc(C)n2Cc1c(Cl)cncc1Cl. The molecule has 0 saturated carbocycles. The molecule has 3 heterocycles. The van der Waals surface area contributed by atoms with Crippen LogP contribution in [0.25, 0.3) is 22.6 Å². The van der Waals surface area contributed by atoms with Crippen molar-refractivity contribution in [1.82, 2.24) is 24.5 Å². The summed E-state index contributed by atoms with van der Waals surface area (Å²) >= 11 is 12.6. The Bertz CT molecular complexity index is 1200. The van der Waals surface area contributed by atoms with Gasteiger partial charge in [0.1, 0.15) is 17.2 Å². The fourth-order valence-electron chi connectivity index (χ4n) is 3.06. The first kappa shape index (κ1) is 17.7. The third-order valence-electron chi connectivity index (χ3n) is 4.51. The van der Waals surface area contributed by atoms with Crippen molar-refractivity contribution in [3.05, 3.63) is 69.1 Å². The number of nitrogens with one attached hydrogen (secondary N) is 2. The number of hydrogen-bond acceptors (Lipinski definition) is 4. The van der Waals surface area contributed by atoms with Crippen molar-refractivity contribution in [1.29, 1.82) is 5.41 Å². The van der Waals surface area contributed by atoms with Gasteiger partial charge < -0.3 is 9.55 Å². The smallest absolute Gasteiger partial charge is 0.174 e. The van der Waals surface area contributed by atoms with Crippen LogP contribution in [-0.4, -0.2) is 24.5 Å². The summed E-state index contributed by atoms with van der Waals surface area (Å²) in [5, 5.41) is 9.19. The van der Waals surface area contributed by atoms with Gasteiger partial charge in [0.05, 0.1) is 16.6 Å². The first-order valence-corrected chi connectivity index (χ1v) is 9.07. The minimum Gasteiger partial charge on any atom is -0.334 e. The van der Waals surface area contributed by atoms with Gasteiger partial charge in [0.15, 0.2) is 11.1 Å². The molecule has 6 nitrogen and oxygen atoms in total. The maximum Gasteiger partial charge on any atom is 0.174 e. The first-order valence-electron chi connectivity index (χ1n) is 8.31. The molecule has 0 unspecified atom stereocenters. The molecule has 0 bridgehead atoms. The Hall–Kier alpha value is -2.70. The van der Waals surface area contributed by atoms with Crippen molar-refractivity contribution < 1.29 is 0 Å². The van der Waals surface area contributed by atoms with Crippen LogP contribution >= 0.6 is 23.2 Å². The zero-order valence-electron chi connectivity index (χ0n) is 14.7. The van der Waals surface area contributed by atoms with Gasteiger partial charge in [0, 0.05) is 23.5 Å². The Morgan fingerprint density at radius 2 is 1.78 bits per heavy atom. The molecule has 4 rings (SSSR count). The number of aromatic amines is 1. The van der Waals surface area contributed by atoms with E-state index in [1.54, 1.807) is 12.4 Å². The molecule has 0 radical (unpaired) electrons. The van der Waals surface area contributed by atoms with Crippen molar-refractivity contribution >= 4 is 34.4 Å². The van der Waals surface area contributed by atoms with Gasteiger partial charge in [-0.25, -0.2) is 9.97 Å². The van der Waals surface area contributed by atoms with Gasteiger partial charge in [-0.3, -0.25) is 10.4 Å². The van der Waals surface area contributed by atoms with Gasteiger partial charge in [0.2, 0.25) is 0 Å². The number of imidazole rings is 1. The van der Waals surface area contributed by atoms with Crippen LogP contribution in [-0.2, 0) is 6.54 Å². The third kappa shape index (κ3) is 3.11. The monoisotopic (exact) mass is 398 g/mol. The number of H-pyrrole nitrogens is 1. The summed E-state index contributed by atoms with van der Waals surface area (Å²) in [5.74, 6) is 1.35. The van der Waals surface area contributed by atoms with E-state index in [0.717, 1.165) is 16.7 Å². The zero-order chi connectivity index (χ0) is 19.1. The van der Waals surface area contributed by atoms with E-state index in [4.69, 9.17) is 33.6 Å². The molecule has 0 spiro atoms. The van der Waals surface area contributed by atoms with Crippen molar-refractivity contribution in [2.45, 2.75) is 20.4 Å². The fraction of sp³-hybridized carbons (Fsp3) is 0.158. The van der Waals surface area contributed by atoms with Crippen LogP contribution in [0.4, 0.5) is 0 Å². The second kappa shape index (κ2) is 6.79. The molecule has 0 aliphatic carbocycles. The summed E-state index contributed by atoms with van der Waals surface area (Å²) in [5.41, 5.74) is 4.17. The topological polar surface area (TPSA) is 83.2 Å². The summed E-state index contributed by atoms with van der Waals surface area (Å²) in [6.07, 6.45) is 3.12. The van der Waals surface area contributed by atoms with Crippen molar-refractivity contribution in [2.75, 3.05) is 0 Å². The molecule has 3 aromatic heterocycles. The minimum atomic E-state index is 0.151. The van der Waals surface area contributed by atoms with E-state index in [9.17, 15) is 0 Å². The second-order valence-corrected chi connectivity index (χ2v) is 7.09. The highest BCUT2D eigenvalue weighted by Gasteiger charge is 2.16. The number of aromatic nitrogens is 5. The highest BCUT2D eigenvalue weighted by molar-refractivity contribution is 6.35. The molecular formula is C19H16Cl2N6. The van der Waals surface area contributed by atoms with Crippen LogP contribution in [0.1, 0.15) is 17.0 Å². The van der Waals surface area contributed by atoms with Gasteiger partial charge in [-0.05, 0) is 19.4 Å². The molecule has 0 amide bonds. The molecule has 2 N–H and O–H groups in total.